The van der Waals surface area contributed by atoms with Gasteiger partial charge in [-0.15, -0.1) is 0 Å². The number of carbonyl (C=O) groups is 2. The van der Waals surface area contributed by atoms with Crippen LogP contribution in [0.15, 0.2) is 78.9 Å². The molecule has 0 atom stereocenters. The Morgan fingerprint density at radius 3 is 1.92 bits per heavy atom. The molecule has 3 aromatic rings. The van der Waals surface area contributed by atoms with Gasteiger partial charge in [-0.1, -0.05) is 81.7 Å². The second kappa shape index (κ2) is 15.7. The van der Waals surface area contributed by atoms with Gasteiger partial charge >= 0.3 is 5.97 Å². The van der Waals surface area contributed by atoms with E-state index in [-0.39, 0.29) is 5.78 Å². The van der Waals surface area contributed by atoms with Crippen molar-refractivity contribution < 1.29 is 19.1 Å². The van der Waals surface area contributed by atoms with E-state index >= 15 is 0 Å². The summed E-state index contributed by atoms with van der Waals surface area (Å²) in [5.74, 6) is 0.513. The zero-order chi connectivity index (χ0) is 26.3. The highest BCUT2D eigenvalue weighted by atomic mass is 35.5. The van der Waals surface area contributed by atoms with Crippen molar-refractivity contribution >= 4 is 29.4 Å². The molecule has 0 aliphatic heterocycles. The van der Waals surface area contributed by atoms with Crippen molar-refractivity contribution in [1.29, 1.82) is 0 Å². The fraction of sp³-hybridized carbons (Fsp3) is 0.312. The van der Waals surface area contributed by atoms with Crippen LogP contribution in [0, 0.1) is 0 Å². The summed E-state index contributed by atoms with van der Waals surface area (Å²) in [5.41, 5.74) is 1.82. The van der Waals surface area contributed by atoms with E-state index in [1.807, 2.05) is 12.1 Å². The van der Waals surface area contributed by atoms with E-state index < -0.39 is 5.97 Å². The first-order valence-corrected chi connectivity index (χ1v) is 13.5. The Kier molecular flexibility index (Phi) is 12.0. The van der Waals surface area contributed by atoms with Gasteiger partial charge in [0.1, 0.15) is 11.5 Å². The molecule has 0 unspecified atom stereocenters. The van der Waals surface area contributed by atoms with E-state index in [0.717, 1.165) is 17.7 Å². The molecule has 5 heteroatoms. The predicted molar refractivity (Wildman–Crippen MR) is 151 cm³/mol. The third-order valence-electron chi connectivity index (χ3n) is 6.00. The van der Waals surface area contributed by atoms with Crippen LogP contribution in [0.1, 0.15) is 84.6 Å². The fourth-order valence-corrected chi connectivity index (χ4v) is 3.93. The molecule has 0 fully saturated rings. The number of rotatable bonds is 15. The summed E-state index contributed by atoms with van der Waals surface area (Å²) < 4.78 is 11.3. The van der Waals surface area contributed by atoms with Crippen LogP contribution < -0.4 is 9.47 Å². The monoisotopic (exact) mass is 518 g/mol. The zero-order valence-electron chi connectivity index (χ0n) is 21.5. The summed E-state index contributed by atoms with van der Waals surface area (Å²) in [7, 11) is 0. The van der Waals surface area contributed by atoms with Crippen LogP contribution in [-0.2, 0) is 0 Å². The number of unbranched alkanes of at least 4 members (excludes halogenated alkanes) is 7. The maximum absolute atomic E-state index is 12.5. The van der Waals surface area contributed by atoms with Crippen molar-refractivity contribution in [2.45, 2.75) is 58.3 Å². The third kappa shape index (κ3) is 10.3. The molecule has 0 aromatic heterocycles. The molecular weight excluding hydrogens is 484 g/mol. The highest BCUT2D eigenvalue weighted by molar-refractivity contribution is 6.30. The molecule has 3 rings (SSSR count). The van der Waals surface area contributed by atoms with E-state index in [0.29, 0.717) is 28.5 Å². The molecule has 0 saturated heterocycles. The van der Waals surface area contributed by atoms with Gasteiger partial charge in [-0.2, -0.15) is 0 Å². The van der Waals surface area contributed by atoms with Crippen molar-refractivity contribution in [3.63, 3.8) is 0 Å². The molecule has 0 radical (unpaired) electrons. The third-order valence-corrected chi connectivity index (χ3v) is 6.26. The van der Waals surface area contributed by atoms with E-state index in [4.69, 9.17) is 21.1 Å². The highest BCUT2D eigenvalue weighted by Crippen LogP contribution is 2.18. The van der Waals surface area contributed by atoms with Crippen molar-refractivity contribution in [2.24, 2.45) is 0 Å². The number of ether oxygens (including phenoxy) is 2. The number of halogens is 1. The van der Waals surface area contributed by atoms with Crippen molar-refractivity contribution in [3.05, 3.63) is 101 Å². The molecule has 4 nitrogen and oxygen atoms in total. The largest absolute Gasteiger partial charge is 0.494 e. The Morgan fingerprint density at radius 1 is 0.703 bits per heavy atom. The van der Waals surface area contributed by atoms with Crippen LogP contribution in [-0.4, -0.2) is 18.4 Å². The molecule has 194 valence electrons. The lowest BCUT2D eigenvalue weighted by atomic mass is 10.1. The maximum Gasteiger partial charge on any atom is 0.343 e. The van der Waals surface area contributed by atoms with Gasteiger partial charge in [0, 0.05) is 10.6 Å². The number of ketones is 1. The Hall–Kier alpha value is -3.37. The number of esters is 1. The number of hydrogen-bond donors (Lipinski definition) is 0. The second-order valence-corrected chi connectivity index (χ2v) is 9.45. The standard InChI is InChI=1S/C32H35ClO4/c1-2-3-4-5-6-7-8-9-24-36-29-19-15-27(16-20-29)32(35)37-30-21-13-26(14-22-30)31(34)23-12-25-10-17-28(33)18-11-25/h10-23H,2-9,24H2,1H3/b23-12+. The minimum atomic E-state index is -0.462. The van der Waals surface area contributed by atoms with Gasteiger partial charge in [-0.25, -0.2) is 4.79 Å². The van der Waals surface area contributed by atoms with E-state index in [9.17, 15) is 9.59 Å². The second-order valence-electron chi connectivity index (χ2n) is 9.01. The topological polar surface area (TPSA) is 52.6 Å². The molecule has 0 aliphatic rings. The average Bonchev–Trinajstić information content (AvgIpc) is 2.92. The van der Waals surface area contributed by atoms with Crippen molar-refractivity contribution in [1.82, 2.24) is 0 Å². The summed E-state index contributed by atoms with van der Waals surface area (Å²) in [6.45, 7) is 2.92. The number of carbonyl (C=O) groups excluding carboxylic acids is 2. The Morgan fingerprint density at radius 2 is 1.27 bits per heavy atom. The van der Waals surface area contributed by atoms with Gasteiger partial charge in [0.2, 0.25) is 0 Å². The van der Waals surface area contributed by atoms with Crippen LogP contribution >= 0.6 is 11.6 Å². The summed E-state index contributed by atoms with van der Waals surface area (Å²) in [5, 5.41) is 0.645. The SMILES string of the molecule is CCCCCCCCCCOc1ccc(C(=O)Oc2ccc(C(=O)/C=C/c3ccc(Cl)cc3)cc2)cc1. The molecule has 0 spiro atoms. The lowest BCUT2D eigenvalue weighted by Gasteiger charge is -2.08. The molecule has 0 bridgehead atoms. The molecule has 0 amide bonds. The zero-order valence-corrected chi connectivity index (χ0v) is 22.2. The molecule has 0 saturated carbocycles. The quantitative estimate of drug-likeness (QED) is 0.0662. The number of benzene rings is 3. The van der Waals surface area contributed by atoms with Gasteiger partial charge < -0.3 is 9.47 Å². The average molecular weight is 519 g/mol. The van der Waals surface area contributed by atoms with E-state index in [2.05, 4.69) is 6.92 Å². The lowest BCUT2D eigenvalue weighted by molar-refractivity contribution is 0.0734. The number of hydrogen-bond acceptors (Lipinski definition) is 4. The van der Waals surface area contributed by atoms with Gasteiger partial charge in [0.25, 0.3) is 0 Å². The first kappa shape index (κ1) is 28.2. The van der Waals surface area contributed by atoms with E-state index in [1.54, 1.807) is 66.7 Å². The first-order chi connectivity index (χ1) is 18.0. The van der Waals surface area contributed by atoms with Gasteiger partial charge in [-0.3, -0.25) is 4.79 Å². The summed E-state index contributed by atoms with van der Waals surface area (Å²) >= 11 is 5.88. The van der Waals surface area contributed by atoms with Gasteiger partial charge in [0.15, 0.2) is 5.78 Å². The smallest absolute Gasteiger partial charge is 0.343 e. The minimum Gasteiger partial charge on any atom is -0.494 e. The molecule has 37 heavy (non-hydrogen) atoms. The Balaban J connectivity index is 1.40. The van der Waals surface area contributed by atoms with Crippen LogP contribution in [0.2, 0.25) is 5.02 Å². The van der Waals surface area contributed by atoms with Crippen LogP contribution in [0.5, 0.6) is 11.5 Å². The lowest BCUT2D eigenvalue weighted by Crippen LogP contribution is -2.08. The molecule has 3 aromatic carbocycles. The van der Waals surface area contributed by atoms with Crippen LogP contribution in [0.3, 0.4) is 0 Å². The van der Waals surface area contributed by atoms with Gasteiger partial charge in [0.05, 0.1) is 12.2 Å². The van der Waals surface area contributed by atoms with Crippen molar-refractivity contribution in [3.8, 4) is 11.5 Å². The van der Waals surface area contributed by atoms with E-state index in [1.165, 1.54) is 51.0 Å². The molecule has 0 heterocycles. The van der Waals surface area contributed by atoms with Crippen LogP contribution in [0.4, 0.5) is 0 Å². The fourth-order valence-electron chi connectivity index (χ4n) is 3.81. The minimum absolute atomic E-state index is 0.143. The molecule has 0 N–H and O–H groups in total. The Labute approximate surface area is 225 Å². The maximum atomic E-state index is 12.5. The normalized spacial score (nSPS) is 11.0. The van der Waals surface area contributed by atoms with Gasteiger partial charge in [-0.05, 0) is 78.7 Å². The summed E-state index contributed by atoms with van der Waals surface area (Å²) in [6, 6.07) is 20.7. The first-order valence-electron chi connectivity index (χ1n) is 13.1. The predicted octanol–water partition coefficient (Wildman–Crippen LogP) is 8.97. The Bertz CT molecular complexity index is 1130. The highest BCUT2D eigenvalue weighted by Gasteiger charge is 2.10. The van der Waals surface area contributed by atoms with Crippen molar-refractivity contribution in [2.75, 3.05) is 6.61 Å². The summed E-state index contributed by atoms with van der Waals surface area (Å²) in [6.07, 6.45) is 13.3. The van der Waals surface area contributed by atoms with Crippen LogP contribution in [0.25, 0.3) is 6.08 Å². The number of allylic oxidation sites excluding steroid dienone is 1. The molecule has 0 aliphatic carbocycles. The summed E-state index contributed by atoms with van der Waals surface area (Å²) in [4.78, 5) is 24.9. The molecular formula is C32H35ClO4.